The maximum absolute atomic E-state index is 5.92. The number of rotatable bonds is 7. The zero-order chi connectivity index (χ0) is 18.8. The number of hydrogen-bond donors (Lipinski definition) is 1. The van der Waals surface area contributed by atoms with Crippen molar-refractivity contribution < 1.29 is 4.74 Å². The molecule has 1 aliphatic rings. The van der Waals surface area contributed by atoms with Crippen LogP contribution in [0.2, 0.25) is 18.1 Å². The Kier molecular flexibility index (Phi) is 7.60. The Balaban J connectivity index is 2.70. The van der Waals surface area contributed by atoms with Crippen LogP contribution in [0.15, 0.2) is 0 Å². The van der Waals surface area contributed by atoms with E-state index in [0.717, 1.165) is 29.9 Å². The number of ether oxygens (including phenoxy) is 1. The molecule has 5 atom stereocenters. The molecular formula is C21H45NOSi. The minimum absolute atomic E-state index is 0.00474. The summed E-state index contributed by atoms with van der Waals surface area (Å²) < 4.78 is 5.92. The summed E-state index contributed by atoms with van der Waals surface area (Å²) in [5.74, 6) is 2.60. The van der Waals surface area contributed by atoms with Gasteiger partial charge in [0.2, 0.25) is 0 Å². The Bertz CT molecular complexity index is 384. The zero-order valence-electron chi connectivity index (χ0n) is 18.3. The summed E-state index contributed by atoms with van der Waals surface area (Å²) in [7, 11) is -1.50. The topological polar surface area (TPSA) is 21.3 Å². The van der Waals surface area contributed by atoms with Crippen molar-refractivity contribution in [1.82, 2.24) is 4.98 Å². The molecule has 1 fully saturated rings. The monoisotopic (exact) mass is 355 g/mol. The molecule has 0 aliphatic heterocycles. The van der Waals surface area contributed by atoms with Gasteiger partial charge in [0.05, 0.1) is 5.60 Å². The van der Waals surface area contributed by atoms with E-state index in [1.54, 1.807) is 0 Å². The van der Waals surface area contributed by atoms with E-state index in [4.69, 9.17) is 4.74 Å². The largest absolute Gasteiger partial charge is 0.376 e. The highest BCUT2D eigenvalue weighted by molar-refractivity contribution is 6.78. The van der Waals surface area contributed by atoms with Gasteiger partial charge >= 0.3 is 0 Å². The van der Waals surface area contributed by atoms with E-state index in [-0.39, 0.29) is 11.1 Å². The average molecular weight is 356 g/mol. The molecular weight excluding hydrogens is 310 g/mol. The smallest absolute Gasteiger partial charge is 0.126 e. The van der Waals surface area contributed by atoms with Crippen molar-refractivity contribution in [2.75, 3.05) is 6.61 Å². The lowest BCUT2D eigenvalue weighted by molar-refractivity contribution is -0.00419. The molecule has 0 amide bonds. The summed E-state index contributed by atoms with van der Waals surface area (Å²) in [5, 5.41) is 0. The first-order chi connectivity index (χ1) is 10.8. The van der Waals surface area contributed by atoms with Gasteiger partial charge in [-0.05, 0) is 83.7 Å². The average Bonchev–Trinajstić information content (AvgIpc) is 2.63. The minimum Gasteiger partial charge on any atom is -0.376 e. The Labute approximate surface area is 153 Å². The van der Waals surface area contributed by atoms with Crippen molar-refractivity contribution in [3.05, 3.63) is 0 Å². The Hall–Kier alpha value is 0.137. The molecule has 0 spiro atoms. The predicted molar refractivity (Wildman–Crippen MR) is 110 cm³/mol. The van der Waals surface area contributed by atoms with Gasteiger partial charge in [0.25, 0.3) is 0 Å². The van der Waals surface area contributed by atoms with E-state index in [2.05, 4.69) is 73.8 Å². The molecule has 3 heteroatoms. The van der Waals surface area contributed by atoms with E-state index in [0.29, 0.717) is 0 Å². The first kappa shape index (κ1) is 22.2. The molecule has 0 saturated heterocycles. The molecule has 1 N–H and O–H groups in total. The van der Waals surface area contributed by atoms with Crippen LogP contribution < -0.4 is 4.98 Å². The minimum atomic E-state index is -1.50. The van der Waals surface area contributed by atoms with Crippen LogP contribution in [0.25, 0.3) is 0 Å². The standard InChI is InChI=1S/C21H45NOSi/c1-16-15-19(18(3)17(16)2)24(10,22-20(4,5)6)14-12-11-13-23-21(7,8)9/h16-19,22H,11-15H2,1-10H3. The molecule has 0 aromatic rings. The number of nitrogens with one attached hydrogen (secondary N) is 1. The molecule has 0 aromatic heterocycles. The highest BCUT2D eigenvalue weighted by atomic mass is 28.3. The van der Waals surface area contributed by atoms with Gasteiger partial charge in [-0.2, -0.15) is 0 Å². The van der Waals surface area contributed by atoms with Crippen LogP contribution in [0.1, 0.15) is 81.6 Å². The van der Waals surface area contributed by atoms with E-state index in [1.165, 1.54) is 25.3 Å². The second kappa shape index (κ2) is 8.22. The first-order valence-corrected chi connectivity index (χ1v) is 13.0. The molecule has 1 aliphatic carbocycles. The van der Waals surface area contributed by atoms with Crippen molar-refractivity contribution in [3.63, 3.8) is 0 Å². The lowest BCUT2D eigenvalue weighted by Gasteiger charge is -2.43. The van der Waals surface area contributed by atoms with Gasteiger partial charge in [-0.3, -0.25) is 0 Å². The molecule has 0 aromatic carbocycles. The third-order valence-corrected chi connectivity index (χ3v) is 11.2. The first-order valence-electron chi connectivity index (χ1n) is 10.2. The molecule has 1 rings (SSSR count). The van der Waals surface area contributed by atoms with E-state index in [1.807, 2.05) is 0 Å². The van der Waals surface area contributed by atoms with Crippen LogP contribution in [0.4, 0.5) is 0 Å². The fourth-order valence-corrected chi connectivity index (χ4v) is 10.5. The van der Waals surface area contributed by atoms with E-state index < -0.39 is 8.24 Å². The summed E-state index contributed by atoms with van der Waals surface area (Å²) in [6.45, 7) is 24.4. The van der Waals surface area contributed by atoms with Gasteiger partial charge in [-0.25, -0.2) is 0 Å². The van der Waals surface area contributed by atoms with Crippen LogP contribution in [0, 0.1) is 17.8 Å². The molecule has 5 unspecified atom stereocenters. The van der Waals surface area contributed by atoms with E-state index >= 15 is 0 Å². The number of unbranched alkanes of at least 4 members (excludes halogenated alkanes) is 1. The van der Waals surface area contributed by atoms with Gasteiger partial charge < -0.3 is 9.72 Å². The summed E-state index contributed by atoms with van der Waals surface area (Å²) in [4.78, 5) is 4.15. The summed E-state index contributed by atoms with van der Waals surface area (Å²) in [6, 6.07) is 1.38. The summed E-state index contributed by atoms with van der Waals surface area (Å²) in [6.07, 6.45) is 3.92. The summed E-state index contributed by atoms with van der Waals surface area (Å²) in [5.41, 5.74) is 1.12. The predicted octanol–water partition coefficient (Wildman–Crippen LogP) is 6.23. The molecule has 0 bridgehead atoms. The Morgan fingerprint density at radius 2 is 1.54 bits per heavy atom. The Morgan fingerprint density at radius 1 is 0.958 bits per heavy atom. The summed E-state index contributed by atoms with van der Waals surface area (Å²) >= 11 is 0. The van der Waals surface area contributed by atoms with Crippen molar-refractivity contribution in [1.29, 1.82) is 0 Å². The fraction of sp³-hybridized carbons (Fsp3) is 1.00. The van der Waals surface area contributed by atoms with Crippen LogP contribution in [-0.4, -0.2) is 26.0 Å². The highest BCUT2D eigenvalue weighted by Gasteiger charge is 2.48. The van der Waals surface area contributed by atoms with Crippen LogP contribution in [0.5, 0.6) is 0 Å². The lowest BCUT2D eigenvalue weighted by atomic mass is 9.94. The van der Waals surface area contributed by atoms with E-state index in [9.17, 15) is 0 Å². The van der Waals surface area contributed by atoms with Crippen molar-refractivity contribution in [2.24, 2.45) is 17.8 Å². The second-order valence-corrected chi connectivity index (χ2v) is 15.1. The third kappa shape index (κ3) is 6.80. The second-order valence-electron chi connectivity index (χ2n) is 10.7. The lowest BCUT2D eigenvalue weighted by Crippen LogP contribution is -2.59. The maximum Gasteiger partial charge on any atom is 0.126 e. The molecule has 0 radical (unpaired) electrons. The Morgan fingerprint density at radius 3 is 1.96 bits per heavy atom. The van der Waals surface area contributed by atoms with Crippen molar-refractivity contribution in [3.8, 4) is 0 Å². The normalized spacial score (nSPS) is 31.2. The van der Waals surface area contributed by atoms with Crippen molar-refractivity contribution in [2.45, 2.75) is 111 Å². The van der Waals surface area contributed by atoms with Gasteiger partial charge in [-0.15, -0.1) is 0 Å². The quantitative estimate of drug-likeness (QED) is 0.432. The molecule has 144 valence electrons. The third-order valence-electron chi connectivity index (χ3n) is 6.09. The highest BCUT2D eigenvalue weighted by Crippen LogP contribution is 2.50. The molecule has 1 saturated carbocycles. The SMILES string of the molecule is CC1CC([Si](C)(CCCCOC(C)(C)C)NC(C)(C)C)C(C)C1C. The maximum atomic E-state index is 5.92. The van der Waals surface area contributed by atoms with Gasteiger partial charge in [-0.1, -0.05) is 33.7 Å². The van der Waals surface area contributed by atoms with Gasteiger partial charge in [0.15, 0.2) is 0 Å². The zero-order valence-corrected chi connectivity index (χ0v) is 19.3. The molecule has 0 heterocycles. The molecule has 2 nitrogen and oxygen atoms in total. The molecule has 24 heavy (non-hydrogen) atoms. The van der Waals surface area contributed by atoms with Gasteiger partial charge in [0.1, 0.15) is 8.24 Å². The van der Waals surface area contributed by atoms with Crippen LogP contribution in [-0.2, 0) is 4.74 Å². The fourth-order valence-electron chi connectivity index (χ4n) is 4.72. The van der Waals surface area contributed by atoms with Gasteiger partial charge in [0, 0.05) is 12.1 Å². The number of hydrogen-bond acceptors (Lipinski definition) is 2. The van der Waals surface area contributed by atoms with Crippen molar-refractivity contribution >= 4 is 8.24 Å². The van der Waals surface area contributed by atoms with Crippen LogP contribution >= 0.6 is 0 Å². The van der Waals surface area contributed by atoms with Crippen LogP contribution in [0.3, 0.4) is 0 Å².